The summed E-state index contributed by atoms with van der Waals surface area (Å²) in [7, 11) is 0. The van der Waals surface area contributed by atoms with Gasteiger partial charge in [-0.1, -0.05) is 60.7 Å². The molecule has 4 amide bonds. The van der Waals surface area contributed by atoms with E-state index < -0.39 is 17.5 Å². The maximum atomic E-state index is 13.5. The minimum absolute atomic E-state index is 0.187. The van der Waals surface area contributed by atoms with E-state index in [0.717, 1.165) is 17.7 Å². The maximum absolute atomic E-state index is 13.5. The Balaban J connectivity index is 1.71. The molecule has 6 nitrogen and oxygen atoms in total. The van der Waals surface area contributed by atoms with Crippen LogP contribution in [0.5, 0.6) is 0 Å². The maximum Gasteiger partial charge on any atom is 0.326 e. The Labute approximate surface area is 157 Å². The highest BCUT2D eigenvalue weighted by atomic mass is 16.2. The molecule has 4 rings (SSSR count). The van der Waals surface area contributed by atoms with E-state index in [-0.39, 0.29) is 12.5 Å². The molecule has 0 radical (unpaired) electrons. The van der Waals surface area contributed by atoms with E-state index in [2.05, 4.69) is 5.32 Å². The summed E-state index contributed by atoms with van der Waals surface area (Å²) in [6, 6.07) is 17.8. The lowest BCUT2D eigenvalue weighted by molar-refractivity contribution is -0.138. The summed E-state index contributed by atoms with van der Waals surface area (Å²) in [4.78, 5) is 41.5. The lowest BCUT2D eigenvalue weighted by atomic mass is 9.82. The minimum Gasteiger partial charge on any atom is -0.341 e. The second-order valence-electron chi connectivity index (χ2n) is 6.89. The highest BCUT2D eigenvalue weighted by molar-refractivity contribution is 6.11. The third-order valence-corrected chi connectivity index (χ3v) is 5.27. The lowest BCUT2D eigenvalue weighted by Crippen LogP contribution is -2.46. The van der Waals surface area contributed by atoms with Crippen LogP contribution in [-0.4, -0.2) is 47.3 Å². The number of carbonyl (C=O) groups is 3. The Hall–Kier alpha value is -3.15. The first-order valence-electron chi connectivity index (χ1n) is 9.16. The second-order valence-corrected chi connectivity index (χ2v) is 6.89. The zero-order valence-electron chi connectivity index (χ0n) is 14.9. The fourth-order valence-electron chi connectivity index (χ4n) is 3.86. The van der Waals surface area contributed by atoms with Crippen LogP contribution in [0.25, 0.3) is 0 Å². The first kappa shape index (κ1) is 17.3. The monoisotopic (exact) mass is 363 g/mol. The van der Waals surface area contributed by atoms with Gasteiger partial charge < -0.3 is 10.2 Å². The lowest BCUT2D eigenvalue weighted by Gasteiger charge is -2.28. The fraction of sp³-hybridized carbons (Fsp3) is 0.286. The quantitative estimate of drug-likeness (QED) is 0.846. The zero-order chi connectivity index (χ0) is 18.9. The second kappa shape index (κ2) is 6.87. The largest absolute Gasteiger partial charge is 0.341 e. The topological polar surface area (TPSA) is 69.7 Å². The number of rotatable bonds is 4. The molecule has 2 aliphatic heterocycles. The van der Waals surface area contributed by atoms with Gasteiger partial charge in [0.05, 0.1) is 0 Å². The van der Waals surface area contributed by atoms with E-state index in [4.69, 9.17) is 0 Å². The molecule has 2 aliphatic rings. The van der Waals surface area contributed by atoms with Crippen LogP contribution in [0.4, 0.5) is 4.79 Å². The number of hydrogen-bond acceptors (Lipinski definition) is 3. The molecular formula is C21H21N3O3. The molecule has 2 aromatic carbocycles. The first-order valence-corrected chi connectivity index (χ1v) is 9.16. The summed E-state index contributed by atoms with van der Waals surface area (Å²) in [5.41, 5.74) is 0.0292. The van der Waals surface area contributed by atoms with Crippen LogP contribution in [0.1, 0.15) is 24.0 Å². The first-order chi connectivity index (χ1) is 13.1. The predicted octanol–water partition coefficient (Wildman–Crippen LogP) is 2.10. The van der Waals surface area contributed by atoms with E-state index in [1.54, 1.807) is 4.90 Å². The molecule has 2 aromatic rings. The molecule has 0 unspecified atom stereocenters. The molecule has 2 fully saturated rings. The van der Waals surface area contributed by atoms with E-state index in [1.165, 1.54) is 0 Å². The van der Waals surface area contributed by atoms with Crippen LogP contribution >= 0.6 is 0 Å². The van der Waals surface area contributed by atoms with Crippen LogP contribution in [0.15, 0.2) is 60.7 Å². The molecule has 27 heavy (non-hydrogen) atoms. The van der Waals surface area contributed by atoms with Crippen LogP contribution < -0.4 is 5.32 Å². The number of carbonyl (C=O) groups excluding carboxylic acids is 3. The molecular weight excluding hydrogens is 342 g/mol. The van der Waals surface area contributed by atoms with Crippen molar-refractivity contribution < 1.29 is 14.4 Å². The SMILES string of the molecule is O=C(CN1C(=O)NC(c2ccccc2)(c2ccccc2)C1=O)N1CCCC1. The van der Waals surface area contributed by atoms with Gasteiger partial charge in [-0.05, 0) is 24.0 Å². The molecule has 2 saturated heterocycles. The molecule has 0 aromatic heterocycles. The Bertz CT molecular complexity index is 821. The summed E-state index contributed by atoms with van der Waals surface area (Å²) < 4.78 is 0. The van der Waals surface area contributed by atoms with Crippen molar-refractivity contribution in [1.82, 2.24) is 15.1 Å². The predicted molar refractivity (Wildman–Crippen MR) is 99.7 cm³/mol. The number of hydrogen-bond donors (Lipinski definition) is 1. The average molecular weight is 363 g/mol. The van der Waals surface area contributed by atoms with Crippen molar-refractivity contribution in [3.8, 4) is 0 Å². The Kier molecular flexibility index (Phi) is 4.39. The number of urea groups is 1. The highest BCUT2D eigenvalue weighted by Gasteiger charge is 2.54. The number of imide groups is 1. The molecule has 0 saturated carbocycles. The van der Waals surface area contributed by atoms with E-state index in [1.807, 2.05) is 60.7 Å². The summed E-state index contributed by atoms with van der Waals surface area (Å²) in [5.74, 6) is -0.606. The van der Waals surface area contributed by atoms with Gasteiger partial charge in [-0.15, -0.1) is 0 Å². The summed E-state index contributed by atoms with van der Waals surface area (Å²) >= 11 is 0. The van der Waals surface area contributed by atoms with Crippen molar-refractivity contribution >= 4 is 17.8 Å². The van der Waals surface area contributed by atoms with Gasteiger partial charge in [0.2, 0.25) is 5.91 Å². The van der Waals surface area contributed by atoms with E-state index in [9.17, 15) is 14.4 Å². The van der Waals surface area contributed by atoms with Crippen molar-refractivity contribution in [3.63, 3.8) is 0 Å². The third kappa shape index (κ3) is 2.87. The number of nitrogens with zero attached hydrogens (tertiary/aromatic N) is 2. The van der Waals surface area contributed by atoms with Gasteiger partial charge in [-0.3, -0.25) is 14.5 Å². The van der Waals surface area contributed by atoms with Gasteiger partial charge in [-0.25, -0.2) is 4.79 Å². The number of likely N-dealkylation sites (tertiary alicyclic amines) is 1. The van der Waals surface area contributed by atoms with Gasteiger partial charge in [0, 0.05) is 13.1 Å². The molecule has 0 bridgehead atoms. The Morgan fingerprint density at radius 1 is 0.889 bits per heavy atom. The summed E-state index contributed by atoms with van der Waals surface area (Å²) in [6.07, 6.45) is 1.92. The number of nitrogens with one attached hydrogen (secondary N) is 1. The molecule has 6 heteroatoms. The smallest absolute Gasteiger partial charge is 0.326 e. The minimum atomic E-state index is -1.31. The molecule has 138 valence electrons. The summed E-state index contributed by atoms with van der Waals surface area (Å²) in [5, 5.41) is 2.86. The van der Waals surface area contributed by atoms with Gasteiger partial charge in [-0.2, -0.15) is 0 Å². The van der Waals surface area contributed by atoms with Gasteiger partial charge in [0.25, 0.3) is 5.91 Å². The molecule has 2 heterocycles. The van der Waals surface area contributed by atoms with Gasteiger partial charge in [0.15, 0.2) is 5.54 Å². The highest BCUT2D eigenvalue weighted by Crippen LogP contribution is 2.35. The molecule has 1 N–H and O–H groups in total. The number of benzene rings is 2. The Morgan fingerprint density at radius 3 is 1.93 bits per heavy atom. The number of amides is 4. The zero-order valence-corrected chi connectivity index (χ0v) is 14.9. The van der Waals surface area contributed by atoms with Gasteiger partial charge in [0.1, 0.15) is 6.54 Å². The van der Waals surface area contributed by atoms with Crippen molar-refractivity contribution in [1.29, 1.82) is 0 Å². The van der Waals surface area contributed by atoms with Crippen LogP contribution in [0.3, 0.4) is 0 Å². The van der Waals surface area contributed by atoms with E-state index >= 15 is 0 Å². The molecule has 0 aliphatic carbocycles. The summed E-state index contributed by atoms with van der Waals surface area (Å²) in [6.45, 7) is 1.14. The average Bonchev–Trinajstić information content (AvgIpc) is 3.33. The van der Waals surface area contributed by atoms with Crippen molar-refractivity contribution in [2.24, 2.45) is 0 Å². The Morgan fingerprint density at radius 2 is 1.41 bits per heavy atom. The standard InChI is InChI=1S/C21H21N3O3/c25-18(23-13-7-8-14-23)15-24-19(26)21(22-20(24)27,16-9-3-1-4-10-16)17-11-5-2-6-12-17/h1-6,9-12H,7-8,13-15H2,(H,22,27). The van der Waals surface area contributed by atoms with Crippen molar-refractivity contribution in [3.05, 3.63) is 71.8 Å². The third-order valence-electron chi connectivity index (χ3n) is 5.27. The molecule has 0 spiro atoms. The molecule has 0 atom stereocenters. The van der Waals surface area contributed by atoms with Crippen LogP contribution in [-0.2, 0) is 15.1 Å². The fourth-order valence-corrected chi connectivity index (χ4v) is 3.86. The normalized spacial score (nSPS) is 18.7. The van der Waals surface area contributed by atoms with Crippen LogP contribution in [0.2, 0.25) is 0 Å². The van der Waals surface area contributed by atoms with E-state index in [0.29, 0.717) is 24.2 Å². The van der Waals surface area contributed by atoms with Crippen LogP contribution in [0, 0.1) is 0 Å². The van der Waals surface area contributed by atoms with Crippen molar-refractivity contribution in [2.75, 3.05) is 19.6 Å². The van der Waals surface area contributed by atoms with Gasteiger partial charge >= 0.3 is 6.03 Å². The van der Waals surface area contributed by atoms with Crippen molar-refractivity contribution in [2.45, 2.75) is 18.4 Å².